The Morgan fingerprint density at radius 1 is 1.32 bits per heavy atom. The van der Waals surface area contributed by atoms with Gasteiger partial charge >= 0.3 is 0 Å². The van der Waals surface area contributed by atoms with Gasteiger partial charge in [-0.15, -0.1) is 5.10 Å². The van der Waals surface area contributed by atoms with Gasteiger partial charge < -0.3 is 9.32 Å². The van der Waals surface area contributed by atoms with Crippen molar-refractivity contribution in [2.24, 2.45) is 0 Å². The Morgan fingerprint density at radius 2 is 2.18 bits per heavy atom. The summed E-state index contributed by atoms with van der Waals surface area (Å²) in [6, 6.07) is 10.9. The fraction of sp³-hybridized carbons (Fsp3) is 0.200. The molecule has 7 heteroatoms. The predicted octanol–water partition coefficient (Wildman–Crippen LogP) is 1.84. The predicted molar refractivity (Wildman–Crippen MR) is 78.4 cm³/mol. The maximum Gasteiger partial charge on any atom is 0.254 e. The third kappa shape index (κ3) is 2.88. The van der Waals surface area contributed by atoms with Crippen LogP contribution in [0.4, 0.5) is 0 Å². The molecular formula is C15H15N5O2. The zero-order valence-electron chi connectivity index (χ0n) is 12.3. The third-order valence-corrected chi connectivity index (χ3v) is 3.24. The van der Waals surface area contributed by atoms with Crippen LogP contribution in [0.2, 0.25) is 0 Å². The van der Waals surface area contributed by atoms with Crippen molar-refractivity contribution in [1.82, 2.24) is 25.1 Å². The Bertz CT molecular complexity index is 779. The van der Waals surface area contributed by atoms with Crippen molar-refractivity contribution < 1.29 is 9.21 Å². The van der Waals surface area contributed by atoms with Gasteiger partial charge in [0.2, 0.25) is 0 Å². The molecule has 3 rings (SSSR count). The van der Waals surface area contributed by atoms with Crippen molar-refractivity contribution in [2.45, 2.75) is 13.5 Å². The summed E-state index contributed by atoms with van der Waals surface area (Å²) in [5.41, 5.74) is 1.30. The molecule has 0 unspecified atom stereocenters. The first-order chi connectivity index (χ1) is 10.6. The molecule has 0 spiro atoms. The van der Waals surface area contributed by atoms with Gasteiger partial charge in [0.25, 0.3) is 5.91 Å². The number of carbonyl (C=O) groups excluding carboxylic acids is 1. The Labute approximate surface area is 127 Å². The highest BCUT2D eigenvalue weighted by molar-refractivity contribution is 5.94. The second kappa shape index (κ2) is 5.80. The van der Waals surface area contributed by atoms with E-state index >= 15 is 0 Å². The molecular weight excluding hydrogens is 282 g/mol. The van der Waals surface area contributed by atoms with E-state index < -0.39 is 0 Å². The minimum atomic E-state index is -0.0935. The molecule has 2 aromatic heterocycles. The quantitative estimate of drug-likeness (QED) is 0.734. The van der Waals surface area contributed by atoms with Gasteiger partial charge in [-0.2, -0.15) is 0 Å². The van der Waals surface area contributed by atoms with E-state index in [1.165, 1.54) is 11.0 Å². The van der Waals surface area contributed by atoms with E-state index in [4.69, 9.17) is 4.42 Å². The number of amides is 1. The summed E-state index contributed by atoms with van der Waals surface area (Å²) < 4.78 is 7.00. The summed E-state index contributed by atoms with van der Waals surface area (Å²) in [7, 11) is 1.74. The van der Waals surface area contributed by atoms with Crippen LogP contribution >= 0.6 is 0 Å². The normalized spacial score (nSPS) is 10.6. The van der Waals surface area contributed by atoms with E-state index in [0.29, 0.717) is 12.1 Å². The van der Waals surface area contributed by atoms with Crippen LogP contribution in [0.25, 0.3) is 5.69 Å². The number of aryl methyl sites for hydroxylation is 1. The zero-order valence-corrected chi connectivity index (χ0v) is 12.3. The van der Waals surface area contributed by atoms with Crippen LogP contribution in [-0.2, 0) is 6.54 Å². The first-order valence-electron chi connectivity index (χ1n) is 6.78. The number of carbonyl (C=O) groups is 1. The van der Waals surface area contributed by atoms with Gasteiger partial charge in [-0.3, -0.25) is 4.79 Å². The van der Waals surface area contributed by atoms with Crippen LogP contribution < -0.4 is 0 Å². The van der Waals surface area contributed by atoms with Gasteiger partial charge in [0.15, 0.2) is 0 Å². The van der Waals surface area contributed by atoms with Crippen LogP contribution in [0.3, 0.4) is 0 Å². The lowest BCUT2D eigenvalue weighted by atomic mass is 10.1. The lowest BCUT2D eigenvalue weighted by Gasteiger charge is -2.16. The number of tetrazole rings is 1. The maximum atomic E-state index is 12.5. The second-order valence-corrected chi connectivity index (χ2v) is 4.98. The van der Waals surface area contributed by atoms with Crippen molar-refractivity contribution in [3.8, 4) is 5.69 Å². The molecule has 0 atom stereocenters. The molecule has 1 amide bonds. The molecule has 0 radical (unpaired) electrons. The molecule has 2 heterocycles. The van der Waals surface area contributed by atoms with E-state index in [0.717, 1.165) is 17.2 Å². The molecule has 3 aromatic rings. The number of benzene rings is 1. The number of furan rings is 1. The minimum Gasteiger partial charge on any atom is -0.464 e. The SMILES string of the molecule is Cc1ccc(CN(C)C(=O)c2cccc(-n3cnnn3)c2)o1. The third-order valence-electron chi connectivity index (χ3n) is 3.24. The van der Waals surface area contributed by atoms with Gasteiger partial charge in [0.1, 0.15) is 17.8 Å². The lowest BCUT2D eigenvalue weighted by Crippen LogP contribution is -2.26. The molecule has 0 saturated heterocycles. The van der Waals surface area contributed by atoms with Crippen LogP contribution in [-0.4, -0.2) is 38.1 Å². The highest BCUT2D eigenvalue weighted by Gasteiger charge is 2.14. The molecule has 0 aliphatic carbocycles. The van der Waals surface area contributed by atoms with Gasteiger partial charge in [-0.1, -0.05) is 6.07 Å². The number of aromatic nitrogens is 4. The second-order valence-electron chi connectivity index (χ2n) is 4.98. The van der Waals surface area contributed by atoms with Crippen LogP contribution in [0.15, 0.2) is 47.1 Å². The monoisotopic (exact) mass is 297 g/mol. The number of hydrogen-bond acceptors (Lipinski definition) is 5. The van der Waals surface area contributed by atoms with E-state index in [1.807, 2.05) is 25.1 Å². The largest absolute Gasteiger partial charge is 0.464 e. The van der Waals surface area contributed by atoms with Crippen molar-refractivity contribution in [1.29, 1.82) is 0 Å². The lowest BCUT2D eigenvalue weighted by molar-refractivity contribution is 0.0775. The first-order valence-corrected chi connectivity index (χ1v) is 6.78. The van der Waals surface area contributed by atoms with Gasteiger partial charge in [-0.05, 0) is 47.7 Å². The summed E-state index contributed by atoms with van der Waals surface area (Å²) in [6.07, 6.45) is 1.49. The molecule has 0 aliphatic heterocycles. The molecule has 0 aliphatic rings. The van der Waals surface area contributed by atoms with E-state index in [9.17, 15) is 4.79 Å². The average molecular weight is 297 g/mol. The topological polar surface area (TPSA) is 77.1 Å². The summed E-state index contributed by atoms with van der Waals surface area (Å²) >= 11 is 0. The summed E-state index contributed by atoms with van der Waals surface area (Å²) in [6.45, 7) is 2.29. The Hall–Kier alpha value is -2.96. The molecule has 1 aromatic carbocycles. The van der Waals surface area contributed by atoms with Crippen LogP contribution in [0.5, 0.6) is 0 Å². The number of rotatable bonds is 4. The standard InChI is InChI=1S/C15H15N5O2/c1-11-6-7-14(22-11)9-19(2)15(21)12-4-3-5-13(8-12)20-10-16-17-18-20/h3-8,10H,9H2,1-2H3. The molecule has 0 N–H and O–H groups in total. The molecule has 0 bridgehead atoms. The van der Waals surface area contributed by atoms with E-state index in [1.54, 1.807) is 30.1 Å². The minimum absolute atomic E-state index is 0.0935. The van der Waals surface area contributed by atoms with Crippen LogP contribution in [0.1, 0.15) is 21.9 Å². The summed E-state index contributed by atoms with van der Waals surface area (Å²) in [5, 5.41) is 11.0. The average Bonchev–Trinajstić information content (AvgIpc) is 3.18. The van der Waals surface area contributed by atoms with E-state index in [2.05, 4.69) is 15.5 Å². The first kappa shape index (κ1) is 14.0. The Kier molecular flexibility index (Phi) is 3.69. The van der Waals surface area contributed by atoms with Crippen molar-refractivity contribution in [3.05, 3.63) is 59.8 Å². The molecule has 22 heavy (non-hydrogen) atoms. The van der Waals surface area contributed by atoms with Gasteiger partial charge in [0, 0.05) is 12.6 Å². The summed E-state index contributed by atoms with van der Waals surface area (Å²) in [5.74, 6) is 1.49. The zero-order chi connectivity index (χ0) is 15.5. The molecule has 0 fully saturated rings. The summed E-state index contributed by atoms with van der Waals surface area (Å²) in [4.78, 5) is 14.1. The van der Waals surface area contributed by atoms with Crippen molar-refractivity contribution in [2.75, 3.05) is 7.05 Å². The Balaban J connectivity index is 1.78. The highest BCUT2D eigenvalue weighted by atomic mass is 16.3. The maximum absolute atomic E-state index is 12.5. The van der Waals surface area contributed by atoms with E-state index in [-0.39, 0.29) is 5.91 Å². The highest BCUT2D eigenvalue weighted by Crippen LogP contribution is 2.14. The van der Waals surface area contributed by atoms with Gasteiger partial charge in [-0.25, -0.2) is 4.68 Å². The molecule has 7 nitrogen and oxygen atoms in total. The number of nitrogens with zero attached hydrogens (tertiary/aromatic N) is 5. The van der Waals surface area contributed by atoms with Gasteiger partial charge in [0.05, 0.1) is 12.2 Å². The van der Waals surface area contributed by atoms with Crippen LogP contribution in [0, 0.1) is 6.92 Å². The molecule has 112 valence electrons. The van der Waals surface area contributed by atoms with Crippen molar-refractivity contribution in [3.63, 3.8) is 0 Å². The Morgan fingerprint density at radius 3 is 2.86 bits per heavy atom. The fourth-order valence-electron chi connectivity index (χ4n) is 2.16. The number of hydrogen-bond donors (Lipinski definition) is 0. The smallest absolute Gasteiger partial charge is 0.254 e. The molecule has 0 saturated carbocycles. The van der Waals surface area contributed by atoms with Crippen molar-refractivity contribution >= 4 is 5.91 Å². The fourth-order valence-corrected chi connectivity index (χ4v) is 2.16.